The molecule has 0 spiro atoms. The van der Waals surface area contributed by atoms with Gasteiger partial charge in [-0.15, -0.1) is 6.42 Å². The summed E-state index contributed by atoms with van der Waals surface area (Å²) in [6, 6.07) is 3.43. The maximum absolute atomic E-state index is 12.8. The number of carboxylic acid groups (broad SMARTS) is 1. The highest BCUT2D eigenvalue weighted by Gasteiger charge is 2.38. The van der Waals surface area contributed by atoms with E-state index in [-0.39, 0.29) is 38.0 Å². The lowest BCUT2D eigenvalue weighted by Crippen LogP contribution is -2.41. The summed E-state index contributed by atoms with van der Waals surface area (Å²) in [5.74, 6) is -0.674. The molecule has 0 aliphatic carbocycles. The predicted molar refractivity (Wildman–Crippen MR) is 128 cm³/mol. The van der Waals surface area contributed by atoms with Gasteiger partial charge in [-0.05, 0) is 32.4 Å². The van der Waals surface area contributed by atoms with Gasteiger partial charge in [0.25, 0.3) is 5.56 Å². The van der Waals surface area contributed by atoms with Gasteiger partial charge in [-0.3, -0.25) is 19.6 Å². The van der Waals surface area contributed by atoms with Crippen LogP contribution in [0.15, 0.2) is 23.1 Å². The smallest absolute Gasteiger partial charge is 0.475 e. The number of hydrazine groups is 1. The van der Waals surface area contributed by atoms with Crippen molar-refractivity contribution in [3.63, 3.8) is 0 Å². The molecular weight excluding hydrogens is 515 g/mol. The number of ether oxygens (including phenoxy) is 1. The number of nitrogens with one attached hydrogen (secondary N) is 2. The number of carboxylic acids is 1. The Hall–Kier alpha value is -4.81. The second-order valence-electron chi connectivity index (χ2n) is 7.31. The third kappa shape index (κ3) is 9.68. The number of anilines is 2. The molecule has 38 heavy (non-hydrogen) atoms. The average molecular weight is 541 g/mol. The number of nitrogen functional groups attached to an aromatic ring is 1. The largest absolute Gasteiger partial charge is 0.490 e. The Labute approximate surface area is 214 Å². The second-order valence-corrected chi connectivity index (χ2v) is 7.31. The molecule has 2 aromatic heterocycles. The van der Waals surface area contributed by atoms with Crippen molar-refractivity contribution >= 4 is 29.6 Å². The van der Waals surface area contributed by atoms with E-state index >= 15 is 0 Å². The fourth-order valence-electron chi connectivity index (χ4n) is 2.60. The molecular formula is C22H26F3N7O6. The highest BCUT2D eigenvalue weighted by Crippen LogP contribution is 2.13. The van der Waals surface area contributed by atoms with Crippen LogP contribution in [0.2, 0.25) is 0 Å². The van der Waals surface area contributed by atoms with Gasteiger partial charge in [0.1, 0.15) is 12.4 Å². The lowest BCUT2D eigenvalue weighted by atomic mass is 10.2. The van der Waals surface area contributed by atoms with E-state index in [1.807, 2.05) is 0 Å². The summed E-state index contributed by atoms with van der Waals surface area (Å²) in [6.45, 7) is 5.13. The van der Waals surface area contributed by atoms with Crippen molar-refractivity contribution in [1.29, 1.82) is 0 Å². The monoisotopic (exact) mass is 541 g/mol. The van der Waals surface area contributed by atoms with Gasteiger partial charge in [0.2, 0.25) is 11.7 Å². The normalized spacial score (nSPS) is 10.3. The first-order chi connectivity index (χ1) is 17.7. The molecule has 0 aliphatic rings. The summed E-state index contributed by atoms with van der Waals surface area (Å²) in [6.07, 6.45) is 0.664. The van der Waals surface area contributed by atoms with Gasteiger partial charge in [-0.25, -0.2) is 24.6 Å². The molecule has 2 aromatic rings. The van der Waals surface area contributed by atoms with Gasteiger partial charge in [0, 0.05) is 30.7 Å². The number of pyridine rings is 1. The molecule has 0 atom stereocenters. The van der Waals surface area contributed by atoms with Gasteiger partial charge in [-0.1, -0.05) is 12.0 Å². The predicted octanol–water partition coefficient (Wildman–Crippen LogP) is 1.21. The topological polar surface area (TPSA) is 182 Å². The highest BCUT2D eigenvalue weighted by molar-refractivity contribution is 5.76. The maximum Gasteiger partial charge on any atom is 0.490 e. The number of alkyl halides is 3. The van der Waals surface area contributed by atoms with Gasteiger partial charge in [-0.2, -0.15) is 13.2 Å². The van der Waals surface area contributed by atoms with E-state index in [1.165, 1.54) is 10.8 Å². The van der Waals surface area contributed by atoms with Crippen molar-refractivity contribution in [2.75, 3.05) is 24.3 Å². The van der Waals surface area contributed by atoms with Crippen molar-refractivity contribution in [1.82, 2.24) is 24.9 Å². The number of hydrogen-bond acceptors (Lipinski definition) is 9. The number of hydrogen-bond donors (Lipinski definition) is 4. The molecule has 0 aromatic carbocycles. The Morgan fingerprint density at radius 3 is 2.45 bits per heavy atom. The Morgan fingerprint density at radius 2 is 1.92 bits per heavy atom. The Morgan fingerprint density at radius 1 is 1.29 bits per heavy atom. The van der Waals surface area contributed by atoms with E-state index in [0.717, 1.165) is 10.6 Å². The van der Waals surface area contributed by atoms with Crippen LogP contribution in [-0.4, -0.2) is 61.9 Å². The van der Waals surface area contributed by atoms with Gasteiger partial charge >= 0.3 is 18.2 Å². The van der Waals surface area contributed by atoms with E-state index in [4.69, 9.17) is 26.8 Å². The number of aryl methyl sites for hydroxylation is 2. The maximum atomic E-state index is 12.8. The Balaban J connectivity index is 0.000000905. The molecule has 2 rings (SSSR count). The van der Waals surface area contributed by atoms with E-state index in [0.29, 0.717) is 17.2 Å². The zero-order valence-electron chi connectivity index (χ0n) is 20.6. The first-order valence-electron chi connectivity index (χ1n) is 10.7. The minimum Gasteiger partial charge on any atom is -0.475 e. The van der Waals surface area contributed by atoms with Gasteiger partial charge < -0.3 is 20.9 Å². The van der Waals surface area contributed by atoms with Crippen molar-refractivity contribution in [2.24, 2.45) is 0 Å². The standard InChI is InChI=1S/C20H25N7O4.C2HF3O2/c1-5-9-31-20(30)27(6-2)25-18-19(29)26(13(3)10-23-18)12-17(28)22-11-15-7-8-16(21)24-14(15)4;3-2(4,5)1(6)7/h1,7-8,10H,6,9,11-12H2,2-4H3,(H2,21,24)(H,22,28)(H,23,25);(H,6,7). The molecule has 2 heterocycles. The van der Waals surface area contributed by atoms with E-state index in [9.17, 15) is 27.6 Å². The number of aromatic nitrogens is 3. The third-order valence-electron chi connectivity index (χ3n) is 4.55. The summed E-state index contributed by atoms with van der Waals surface area (Å²) in [5, 5.41) is 10.9. The first-order valence-corrected chi connectivity index (χ1v) is 10.7. The van der Waals surface area contributed by atoms with Gasteiger partial charge in [0.05, 0.1) is 0 Å². The summed E-state index contributed by atoms with van der Waals surface area (Å²) >= 11 is 0. The van der Waals surface area contributed by atoms with Crippen LogP contribution in [0.5, 0.6) is 0 Å². The molecule has 206 valence electrons. The zero-order valence-corrected chi connectivity index (χ0v) is 20.6. The van der Waals surface area contributed by atoms with Crippen molar-refractivity contribution in [3.8, 4) is 12.3 Å². The summed E-state index contributed by atoms with van der Waals surface area (Å²) in [5.41, 5.74) is 9.68. The van der Waals surface area contributed by atoms with Crippen molar-refractivity contribution < 1.29 is 37.4 Å². The molecule has 2 amide bonds. The van der Waals surface area contributed by atoms with E-state index in [1.54, 1.807) is 32.9 Å². The minimum atomic E-state index is -5.08. The fraction of sp³-hybridized carbons (Fsp3) is 0.364. The van der Waals surface area contributed by atoms with E-state index in [2.05, 4.69) is 26.6 Å². The molecule has 13 nitrogen and oxygen atoms in total. The second kappa shape index (κ2) is 14.1. The highest BCUT2D eigenvalue weighted by atomic mass is 19.4. The van der Waals surface area contributed by atoms with Crippen molar-refractivity contribution in [2.45, 2.75) is 40.0 Å². The van der Waals surface area contributed by atoms with Crippen LogP contribution in [0.1, 0.15) is 23.9 Å². The van der Waals surface area contributed by atoms with Crippen LogP contribution in [-0.2, 0) is 27.4 Å². The number of halogens is 3. The van der Waals surface area contributed by atoms with Crippen LogP contribution >= 0.6 is 0 Å². The number of amides is 2. The molecule has 0 unspecified atom stereocenters. The lowest BCUT2D eigenvalue weighted by molar-refractivity contribution is -0.192. The lowest BCUT2D eigenvalue weighted by Gasteiger charge is -2.21. The number of nitrogens with two attached hydrogens (primary N) is 1. The Bertz CT molecular complexity index is 1260. The zero-order chi connectivity index (χ0) is 29.0. The molecule has 0 saturated heterocycles. The van der Waals surface area contributed by atoms with Crippen LogP contribution in [0, 0.1) is 26.2 Å². The van der Waals surface area contributed by atoms with Crippen molar-refractivity contribution in [3.05, 3.63) is 45.6 Å². The number of carbonyl (C=O) groups excluding carboxylic acids is 2. The van der Waals surface area contributed by atoms with Gasteiger partial charge in [0.15, 0.2) is 6.61 Å². The number of rotatable bonds is 8. The fourth-order valence-corrected chi connectivity index (χ4v) is 2.60. The Kier molecular flexibility index (Phi) is 11.6. The quantitative estimate of drug-likeness (QED) is 0.280. The SMILES string of the molecule is C#CCOC(=O)N(CC)Nc1ncc(C)n(CC(=O)NCc2ccc(N)nc2C)c1=O.O=C(O)C(F)(F)F. The molecule has 0 aliphatic heterocycles. The number of aliphatic carboxylic acids is 1. The molecule has 0 bridgehead atoms. The minimum absolute atomic E-state index is 0.128. The first kappa shape index (κ1) is 31.2. The third-order valence-corrected chi connectivity index (χ3v) is 4.55. The van der Waals surface area contributed by atoms with E-state index < -0.39 is 23.8 Å². The molecule has 0 radical (unpaired) electrons. The summed E-state index contributed by atoms with van der Waals surface area (Å²) in [7, 11) is 0. The van der Waals surface area contributed by atoms with Crippen LogP contribution in [0.4, 0.5) is 29.6 Å². The number of nitrogens with zero attached hydrogens (tertiary/aromatic N) is 4. The summed E-state index contributed by atoms with van der Waals surface area (Å²) in [4.78, 5) is 54.3. The molecule has 16 heteroatoms. The molecule has 0 saturated carbocycles. The molecule has 5 N–H and O–H groups in total. The van der Waals surface area contributed by atoms with Crippen LogP contribution in [0.25, 0.3) is 0 Å². The number of carbonyl (C=O) groups is 3. The van der Waals surface area contributed by atoms with Crippen LogP contribution in [0.3, 0.4) is 0 Å². The average Bonchev–Trinajstić information content (AvgIpc) is 2.84. The summed E-state index contributed by atoms with van der Waals surface area (Å²) < 4.78 is 37.8. The van der Waals surface area contributed by atoms with Crippen LogP contribution < -0.4 is 22.0 Å². The molecule has 0 fully saturated rings. The number of terminal acetylenes is 1.